The van der Waals surface area contributed by atoms with Crippen LogP contribution in [0.2, 0.25) is 5.02 Å². The lowest BCUT2D eigenvalue weighted by Crippen LogP contribution is -2.27. The number of hydrogen-bond acceptors (Lipinski definition) is 2. The Hall–Kier alpha value is -3.17. The monoisotopic (exact) mass is 414 g/mol. The van der Waals surface area contributed by atoms with Gasteiger partial charge in [-0.25, -0.2) is 4.98 Å². The summed E-state index contributed by atoms with van der Waals surface area (Å²) in [6.07, 6.45) is 0. The lowest BCUT2D eigenvalue weighted by atomic mass is 9.96. The summed E-state index contributed by atoms with van der Waals surface area (Å²) in [6.45, 7) is 6.00. The van der Waals surface area contributed by atoms with Gasteiger partial charge in [0.25, 0.3) is 5.91 Å². The highest BCUT2D eigenvalue weighted by molar-refractivity contribution is 6.30. The molecule has 1 N–H and O–H groups in total. The van der Waals surface area contributed by atoms with E-state index in [9.17, 15) is 4.79 Å². The number of para-hydroxylation sites is 1. The van der Waals surface area contributed by atoms with Crippen LogP contribution in [-0.2, 0) is 0 Å². The molecule has 1 aromatic heterocycles. The molecular formula is C26H23ClN2O. The van der Waals surface area contributed by atoms with Crippen molar-refractivity contribution in [1.82, 2.24) is 10.3 Å². The number of rotatable bonds is 4. The van der Waals surface area contributed by atoms with E-state index in [1.54, 1.807) is 0 Å². The summed E-state index contributed by atoms with van der Waals surface area (Å²) in [7, 11) is 0. The quantitative estimate of drug-likeness (QED) is 0.405. The van der Waals surface area contributed by atoms with Crippen molar-refractivity contribution >= 4 is 28.4 Å². The van der Waals surface area contributed by atoms with Crippen LogP contribution in [0.15, 0.2) is 72.8 Å². The van der Waals surface area contributed by atoms with Crippen LogP contribution in [0.25, 0.3) is 22.2 Å². The average molecular weight is 415 g/mol. The van der Waals surface area contributed by atoms with Gasteiger partial charge in [-0.15, -0.1) is 0 Å². The topological polar surface area (TPSA) is 42.0 Å². The lowest BCUT2D eigenvalue weighted by Gasteiger charge is -2.18. The number of hydrogen-bond donors (Lipinski definition) is 1. The van der Waals surface area contributed by atoms with Gasteiger partial charge in [0, 0.05) is 16.0 Å². The minimum atomic E-state index is -0.112. The Bertz CT molecular complexity index is 1230. The number of aromatic nitrogens is 1. The Balaban J connectivity index is 1.79. The third-order valence-corrected chi connectivity index (χ3v) is 5.62. The average Bonchev–Trinajstić information content (AvgIpc) is 2.73. The van der Waals surface area contributed by atoms with Crippen molar-refractivity contribution in [1.29, 1.82) is 0 Å². The van der Waals surface area contributed by atoms with Crippen molar-refractivity contribution in [2.45, 2.75) is 26.8 Å². The summed E-state index contributed by atoms with van der Waals surface area (Å²) in [5, 5.41) is 4.64. The van der Waals surface area contributed by atoms with E-state index in [1.807, 2.05) is 62.4 Å². The molecule has 0 aliphatic heterocycles. The summed E-state index contributed by atoms with van der Waals surface area (Å²) in [5.74, 6) is -0.109. The summed E-state index contributed by atoms with van der Waals surface area (Å²) < 4.78 is 0. The first-order valence-corrected chi connectivity index (χ1v) is 10.3. The van der Waals surface area contributed by atoms with Crippen LogP contribution < -0.4 is 5.32 Å². The van der Waals surface area contributed by atoms with Gasteiger partial charge in [-0.2, -0.15) is 0 Å². The highest BCUT2D eigenvalue weighted by atomic mass is 35.5. The van der Waals surface area contributed by atoms with Crippen LogP contribution in [0.3, 0.4) is 0 Å². The van der Waals surface area contributed by atoms with Crippen LogP contribution in [0.4, 0.5) is 0 Å². The number of nitrogens with zero attached hydrogens (tertiary/aromatic N) is 1. The molecule has 1 atom stereocenters. The van der Waals surface area contributed by atoms with Crippen molar-refractivity contribution < 1.29 is 4.79 Å². The standard InChI is InChI=1S/C26H23ClN2O/c1-16-11-13-19(14-12-16)18(3)28-26(30)24-17(2)25(20-7-6-8-21(27)15-20)29-23-10-5-4-9-22(23)24/h4-15,18H,1-3H3,(H,28,30). The molecule has 0 aliphatic rings. The van der Waals surface area contributed by atoms with Crippen LogP contribution in [0, 0.1) is 13.8 Å². The van der Waals surface area contributed by atoms with Gasteiger partial charge in [0.2, 0.25) is 0 Å². The van der Waals surface area contributed by atoms with E-state index in [4.69, 9.17) is 16.6 Å². The number of fused-ring (bicyclic) bond motifs is 1. The van der Waals surface area contributed by atoms with Crippen LogP contribution in [0.1, 0.15) is 40.0 Å². The molecule has 150 valence electrons. The highest BCUT2D eigenvalue weighted by Gasteiger charge is 2.20. The molecule has 0 saturated heterocycles. The Labute approximate surface area is 181 Å². The van der Waals surface area contributed by atoms with Crippen LogP contribution in [-0.4, -0.2) is 10.9 Å². The second kappa shape index (κ2) is 8.29. The zero-order valence-corrected chi connectivity index (χ0v) is 18.0. The zero-order valence-electron chi connectivity index (χ0n) is 17.2. The maximum atomic E-state index is 13.4. The van der Waals surface area contributed by atoms with E-state index in [-0.39, 0.29) is 11.9 Å². The van der Waals surface area contributed by atoms with Gasteiger partial charge in [0.05, 0.1) is 22.8 Å². The van der Waals surface area contributed by atoms with Gasteiger partial charge in [-0.1, -0.05) is 71.8 Å². The van der Waals surface area contributed by atoms with Gasteiger partial charge in [-0.05, 0) is 50.1 Å². The molecule has 0 radical (unpaired) electrons. The molecule has 0 saturated carbocycles. The fourth-order valence-corrected chi connectivity index (χ4v) is 3.91. The Morgan fingerprint density at radius 1 is 0.967 bits per heavy atom. The Morgan fingerprint density at radius 3 is 2.43 bits per heavy atom. The maximum absolute atomic E-state index is 13.4. The molecule has 3 nitrogen and oxygen atoms in total. The van der Waals surface area contributed by atoms with E-state index >= 15 is 0 Å². The maximum Gasteiger partial charge on any atom is 0.252 e. The summed E-state index contributed by atoms with van der Waals surface area (Å²) >= 11 is 6.21. The number of pyridine rings is 1. The van der Waals surface area contributed by atoms with Crippen LogP contribution >= 0.6 is 11.6 Å². The Morgan fingerprint density at radius 2 is 1.70 bits per heavy atom. The predicted octanol–water partition coefficient (Wildman–Crippen LogP) is 6.66. The summed E-state index contributed by atoms with van der Waals surface area (Å²) in [5.41, 5.74) is 6.19. The van der Waals surface area contributed by atoms with E-state index < -0.39 is 0 Å². The normalized spacial score (nSPS) is 12.0. The third-order valence-electron chi connectivity index (χ3n) is 5.39. The van der Waals surface area contributed by atoms with Gasteiger partial charge in [0.1, 0.15) is 0 Å². The molecule has 3 aromatic carbocycles. The van der Waals surface area contributed by atoms with Crippen molar-refractivity contribution in [2.75, 3.05) is 0 Å². The second-order valence-corrected chi connectivity index (χ2v) is 8.03. The predicted molar refractivity (Wildman–Crippen MR) is 124 cm³/mol. The SMILES string of the molecule is Cc1ccc(C(C)NC(=O)c2c(C)c(-c3cccc(Cl)c3)nc3ccccc23)cc1. The summed E-state index contributed by atoms with van der Waals surface area (Å²) in [6, 6.07) is 23.4. The van der Waals surface area contributed by atoms with E-state index in [2.05, 4.69) is 36.5 Å². The zero-order chi connectivity index (χ0) is 21.3. The minimum absolute atomic E-state index is 0.109. The molecule has 0 bridgehead atoms. The number of aryl methyl sites for hydroxylation is 1. The molecule has 30 heavy (non-hydrogen) atoms. The van der Waals surface area contributed by atoms with Gasteiger partial charge >= 0.3 is 0 Å². The minimum Gasteiger partial charge on any atom is -0.345 e. The van der Waals surface area contributed by atoms with E-state index in [1.165, 1.54) is 5.56 Å². The number of carbonyl (C=O) groups excluding carboxylic acids is 1. The first kappa shape index (κ1) is 20.1. The molecule has 4 aromatic rings. The lowest BCUT2D eigenvalue weighted by molar-refractivity contribution is 0.0941. The number of carbonyl (C=O) groups is 1. The molecular weight excluding hydrogens is 392 g/mol. The molecule has 4 rings (SSSR count). The smallest absolute Gasteiger partial charge is 0.252 e. The van der Waals surface area contributed by atoms with Crippen LogP contribution in [0.5, 0.6) is 0 Å². The van der Waals surface area contributed by atoms with Gasteiger partial charge < -0.3 is 5.32 Å². The first-order valence-electron chi connectivity index (χ1n) is 9.97. The fourth-order valence-electron chi connectivity index (χ4n) is 3.72. The molecule has 0 fully saturated rings. The van der Waals surface area contributed by atoms with Gasteiger partial charge in [-0.3, -0.25) is 4.79 Å². The van der Waals surface area contributed by atoms with E-state index in [0.29, 0.717) is 10.6 Å². The van der Waals surface area contributed by atoms with Crippen molar-refractivity contribution in [3.63, 3.8) is 0 Å². The van der Waals surface area contributed by atoms with Crippen molar-refractivity contribution in [2.24, 2.45) is 0 Å². The third kappa shape index (κ3) is 3.94. The number of halogens is 1. The molecule has 1 amide bonds. The molecule has 0 aliphatic carbocycles. The summed E-state index contributed by atoms with van der Waals surface area (Å²) in [4.78, 5) is 18.3. The van der Waals surface area contributed by atoms with Crippen molar-refractivity contribution in [3.8, 4) is 11.3 Å². The molecule has 1 unspecified atom stereocenters. The Kier molecular flexibility index (Phi) is 5.56. The molecule has 0 spiro atoms. The number of amides is 1. The number of benzene rings is 3. The molecule has 1 heterocycles. The first-order chi connectivity index (χ1) is 14.4. The second-order valence-electron chi connectivity index (χ2n) is 7.59. The van der Waals surface area contributed by atoms with Crippen molar-refractivity contribution in [3.05, 3.63) is 100 Å². The largest absolute Gasteiger partial charge is 0.345 e. The highest BCUT2D eigenvalue weighted by Crippen LogP contribution is 2.31. The van der Waals surface area contributed by atoms with Gasteiger partial charge in [0.15, 0.2) is 0 Å². The fraction of sp³-hybridized carbons (Fsp3) is 0.154. The number of nitrogens with one attached hydrogen (secondary N) is 1. The molecule has 4 heteroatoms. The van der Waals surface area contributed by atoms with E-state index in [0.717, 1.165) is 33.3 Å².